The van der Waals surface area contributed by atoms with Crippen LogP contribution in [0.4, 0.5) is 0 Å². The molecule has 0 fully saturated rings. The zero-order valence-electron chi connectivity index (χ0n) is 9.40. The van der Waals surface area contributed by atoms with E-state index in [4.69, 9.17) is 21.7 Å². The third-order valence-electron chi connectivity index (χ3n) is 1.82. The molecule has 0 radical (unpaired) electrons. The van der Waals surface area contributed by atoms with Gasteiger partial charge in [0, 0.05) is 6.20 Å². The number of rotatable bonds is 3. The molecule has 0 aliphatic carbocycles. The first kappa shape index (κ1) is 11.9. The monoisotopic (exact) mass is 225 g/mol. The molecule has 1 aromatic rings. The Labute approximate surface area is 95.4 Å². The lowest BCUT2D eigenvalue weighted by molar-refractivity contribution is 0.239. The van der Waals surface area contributed by atoms with Gasteiger partial charge in [-0.05, 0) is 39.1 Å². The lowest BCUT2D eigenvalue weighted by Gasteiger charge is -2.12. The second-order valence-electron chi connectivity index (χ2n) is 3.47. The van der Waals surface area contributed by atoms with Gasteiger partial charge in [-0.3, -0.25) is 4.98 Å². The minimum Gasteiger partial charge on any atom is -0.489 e. The Morgan fingerprint density at radius 2 is 2.13 bits per heavy atom. The minimum atomic E-state index is 0.122. The highest BCUT2D eigenvalue weighted by atomic mass is 32.1. The first-order chi connectivity index (χ1) is 7.04. The van der Waals surface area contributed by atoms with Crippen LogP contribution in [0.5, 0.6) is 5.75 Å². The number of pyridine rings is 1. The van der Waals surface area contributed by atoms with Gasteiger partial charge in [-0.2, -0.15) is 0 Å². The van der Waals surface area contributed by atoms with Crippen molar-refractivity contribution in [2.24, 2.45) is 0 Å². The molecule has 1 heterocycles. The smallest absolute Gasteiger partial charge is 0.192 e. The Hall–Kier alpha value is -1.16. The fourth-order valence-electron chi connectivity index (χ4n) is 1.12. The van der Waals surface area contributed by atoms with Crippen LogP contribution >= 0.6 is 12.2 Å². The number of methoxy groups -OCH3 is 1. The molecule has 0 aliphatic heterocycles. The standard InChI is InChI=1S/C11H15NO2S/c1-7(2)14-10-5-9(11(15)13-4)6-12-8(10)3/h5-7H,1-4H3. The summed E-state index contributed by atoms with van der Waals surface area (Å²) >= 11 is 5.02. The zero-order chi connectivity index (χ0) is 11.4. The van der Waals surface area contributed by atoms with Crippen molar-refractivity contribution >= 4 is 17.3 Å². The number of hydrogen-bond donors (Lipinski definition) is 0. The third kappa shape index (κ3) is 3.16. The molecule has 0 unspecified atom stereocenters. The van der Waals surface area contributed by atoms with Gasteiger partial charge < -0.3 is 9.47 Å². The van der Waals surface area contributed by atoms with E-state index in [0.717, 1.165) is 17.0 Å². The Morgan fingerprint density at radius 3 is 2.67 bits per heavy atom. The van der Waals surface area contributed by atoms with E-state index in [1.54, 1.807) is 13.3 Å². The number of hydrogen-bond acceptors (Lipinski definition) is 4. The van der Waals surface area contributed by atoms with Crippen molar-refractivity contribution in [1.29, 1.82) is 0 Å². The largest absolute Gasteiger partial charge is 0.489 e. The predicted molar refractivity (Wildman–Crippen MR) is 63.4 cm³/mol. The van der Waals surface area contributed by atoms with Crippen LogP contribution in [0.15, 0.2) is 12.3 Å². The Morgan fingerprint density at radius 1 is 1.47 bits per heavy atom. The molecule has 3 nitrogen and oxygen atoms in total. The van der Waals surface area contributed by atoms with Gasteiger partial charge in [-0.25, -0.2) is 0 Å². The maximum Gasteiger partial charge on any atom is 0.192 e. The topological polar surface area (TPSA) is 31.4 Å². The molecule has 0 N–H and O–H groups in total. The summed E-state index contributed by atoms with van der Waals surface area (Å²) in [5.74, 6) is 0.752. The van der Waals surface area contributed by atoms with Gasteiger partial charge in [0.05, 0.1) is 24.5 Å². The van der Waals surface area contributed by atoms with Crippen molar-refractivity contribution < 1.29 is 9.47 Å². The number of thiocarbonyl (C=S) groups is 1. The average Bonchev–Trinajstić information content (AvgIpc) is 2.19. The fourth-order valence-corrected chi connectivity index (χ4v) is 1.23. The van der Waals surface area contributed by atoms with Gasteiger partial charge in [0.1, 0.15) is 5.75 Å². The highest BCUT2D eigenvalue weighted by Crippen LogP contribution is 2.19. The van der Waals surface area contributed by atoms with Crippen LogP contribution in [0.3, 0.4) is 0 Å². The van der Waals surface area contributed by atoms with E-state index in [1.807, 2.05) is 26.8 Å². The van der Waals surface area contributed by atoms with E-state index in [2.05, 4.69) is 4.98 Å². The number of nitrogens with zero attached hydrogens (tertiary/aromatic N) is 1. The highest BCUT2D eigenvalue weighted by Gasteiger charge is 2.08. The van der Waals surface area contributed by atoms with Crippen LogP contribution in [0.2, 0.25) is 0 Å². The van der Waals surface area contributed by atoms with Crippen LogP contribution in [0.1, 0.15) is 25.1 Å². The molecule has 15 heavy (non-hydrogen) atoms. The molecule has 0 saturated carbocycles. The summed E-state index contributed by atoms with van der Waals surface area (Å²) < 4.78 is 10.6. The highest BCUT2D eigenvalue weighted by molar-refractivity contribution is 7.80. The molecule has 1 rings (SSSR count). The Kier molecular flexibility index (Phi) is 4.03. The normalized spacial score (nSPS) is 10.2. The Bertz CT molecular complexity index is 364. The molecule has 0 saturated heterocycles. The molecule has 0 aliphatic rings. The number of ether oxygens (including phenoxy) is 2. The summed E-state index contributed by atoms with van der Waals surface area (Å²) in [6.45, 7) is 5.85. The van der Waals surface area contributed by atoms with Gasteiger partial charge in [-0.1, -0.05) is 0 Å². The summed E-state index contributed by atoms with van der Waals surface area (Å²) in [6, 6.07) is 1.86. The van der Waals surface area contributed by atoms with Gasteiger partial charge in [-0.15, -0.1) is 0 Å². The lowest BCUT2D eigenvalue weighted by Crippen LogP contribution is -2.09. The van der Waals surface area contributed by atoms with Crippen molar-refractivity contribution in [3.05, 3.63) is 23.5 Å². The predicted octanol–water partition coefficient (Wildman–Crippen LogP) is 2.50. The Balaban J connectivity index is 2.99. The van der Waals surface area contributed by atoms with Crippen LogP contribution in [-0.4, -0.2) is 23.2 Å². The van der Waals surface area contributed by atoms with Crippen molar-refractivity contribution in [1.82, 2.24) is 4.98 Å². The number of aryl methyl sites for hydroxylation is 1. The molecular formula is C11H15NO2S. The van der Waals surface area contributed by atoms with E-state index in [-0.39, 0.29) is 6.10 Å². The minimum absolute atomic E-state index is 0.122. The molecular weight excluding hydrogens is 210 g/mol. The first-order valence-corrected chi connectivity index (χ1v) is 5.17. The van der Waals surface area contributed by atoms with E-state index in [9.17, 15) is 0 Å². The maximum absolute atomic E-state index is 5.60. The molecule has 0 aromatic carbocycles. The van der Waals surface area contributed by atoms with Crippen LogP contribution in [0, 0.1) is 6.92 Å². The SMILES string of the molecule is COC(=S)c1cnc(C)c(OC(C)C)c1. The number of aromatic nitrogens is 1. The summed E-state index contributed by atoms with van der Waals surface area (Å²) in [4.78, 5) is 4.21. The van der Waals surface area contributed by atoms with Gasteiger partial charge >= 0.3 is 0 Å². The summed E-state index contributed by atoms with van der Waals surface area (Å²) in [5.41, 5.74) is 1.63. The third-order valence-corrected chi connectivity index (χ3v) is 2.23. The van der Waals surface area contributed by atoms with Crippen LogP contribution < -0.4 is 4.74 Å². The van der Waals surface area contributed by atoms with Crippen molar-refractivity contribution in [3.8, 4) is 5.75 Å². The van der Waals surface area contributed by atoms with Crippen LogP contribution in [0.25, 0.3) is 0 Å². The molecule has 0 atom stereocenters. The zero-order valence-corrected chi connectivity index (χ0v) is 10.2. The average molecular weight is 225 g/mol. The van der Waals surface area contributed by atoms with Crippen LogP contribution in [-0.2, 0) is 4.74 Å². The molecule has 4 heteroatoms. The molecule has 1 aromatic heterocycles. The molecule has 82 valence electrons. The quantitative estimate of drug-likeness (QED) is 0.740. The van der Waals surface area contributed by atoms with E-state index in [0.29, 0.717) is 5.05 Å². The lowest BCUT2D eigenvalue weighted by atomic mass is 10.2. The molecule has 0 amide bonds. The van der Waals surface area contributed by atoms with Crippen molar-refractivity contribution in [2.75, 3.05) is 7.11 Å². The van der Waals surface area contributed by atoms with E-state index < -0.39 is 0 Å². The first-order valence-electron chi connectivity index (χ1n) is 4.76. The second kappa shape index (κ2) is 5.07. The fraction of sp³-hybridized carbons (Fsp3) is 0.455. The molecule has 0 bridgehead atoms. The van der Waals surface area contributed by atoms with Gasteiger partial charge in [0.25, 0.3) is 0 Å². The second-order valence-corrected chi connectivity index (χ2v) is 3.84. The molecule has 0 spiro atoms. The van der Waals surface area contributed by atoms with Crippen molar-refractivity contribution in [3.63, 3.8) is 0 Å². The van der Waals surface area contributed by atoms with Crippen molar-refractivity contribution in [2.45, 2.75) is 26.9 Å². The summed E-state index contributed by atoms with van der Waals surface area (Å²) in [7, 11) is 1.55. The van der Waals surface area contributed by atoms with E-state index in [1.165, 1.54) is 0 Å². The summed E-state index contributed by atoms with van der Waals surface area (Å²) in [5, 5.41) is 0.427. The summed E-state index contributed by atoms with van der Waals surface area (Å²) in [6.07, 6.45) is 1.81. The van der Waals surface area contributed by atoms with E-state index >= 15 is 0 Å². The van der Waals surface area contributed by atoms with Gasteiger partial charge in [0.2, 0.25) is 0 Å². The van der Waals surface area contributed by atoms with Gasteiger partial charge in [0.15, 0.2) is 5.05 Å². The maximum atomic E-state index is 5.60.